The lowest BCUT2D eigenvalue weighted by Gasteiger charge is -2.27. The van der Waals surface area contributed by atoms with Gasteiger partial charge in [-0.3, -0.25) is 4.90 Å². The van der Waals surface area contributed by atoms with E-state index in [4.69, 9.17) is 4.98 Å². The van der Waals surface area contributed by atoms with Crippen LogP contribution in [0.15, 0.2) is 53.4 Å². The Balaban J connectivity index is 1.26. The third-order valence-corrected chi connectivity index (χ3v) is 6.96. The third-order valence-electron chi connectivity index (χ3n) is 5.15. The summed E-state index contributed by atoms with van der Waals surface area (Å²) in [5.74, 6) is 0.780. The highest BCUT2D eigenvalue weighted by Gasteiger charge is 2.30. The number of thiazole rings is 1. The summed E-state index contributed by atoms with van der Waals surface area (Å²) in [6.45, 7) is 2.32. The summed E-state index contributed by atoms with van der Waals surface area (Å²) in [5, 5.41) is 4.72. The van der Waals surface area contributed by atoms with Crippen LogP contribution in [0.2, 0.25) is 0 Å². The van der Waals surface area contributed by atoms with E-state index in [0.29, 0.717) is 12.1 Å². The van der Waals surface area contributed by atoms with Crippen molar-refractivity contribution >= 4 is 22.7 Å². The number of thiophene rings is 1. The molecule has 0 bridgehead atoms. The molecule has 0 saturated heterocycles. The van der Waals surface area contributed by atoms with E-state index in [0.717, 1.165) is 64.3 Å². The Hall–Kier alpha value is -2.62. The Morgan fingerprint density at radius 1 is 1.03 bits per heavy atom. The van der Waals surface area contributed by atoms with Crippen molar-refractivity contribution in [2.45, 2.75) is 25.7 Å². The van der Waals surface area contributed by atoms with Gasteiger partial charge in [0.15, 0.2) is 5.82 Å². The first kappa shape index (κ1) is 20.3. The van der Waals surface area contributed by atoms with Crippen LogP contribution in [0.3, 0.4) is 0 Å². The summed E-state index contributed by atoms with van der Waals surface area (Å²) < 4.78 is 38.3. The number of hydrogen-bond donors (Lipinski definition) is 0. The maximum Gasteiger partial charge on any atom is 0.416 e. The maximum atomic E-state index is 12.8. The Morgan fingerprint density at radius 3 is 2.61 bits per heavy atom. The standard InChI is InChI=1S/C22H17F3N4S2/c23-22(24,25)16-5-3-14(4-6-16)21-27-17(13-31-21)12-29-8-7-18-15(11-29)10-26-20(28-18)19-2-1-9-30-19/h1-6,9-10,13H,7-8,11-12H2. The minimum absolute atomic E-state index is 0.649. The molecular weight excluding hydrogens is 441 g/mol. The predicted octanol–water partition coefficient (Wildman–Crippen LogP) is 5.91. The molecule has 0 fully saturated rings. The van der Waals surface area contributed by atoms with Gasteiger partial charge in [-0.2, -0.15) is 13.2 Å². The molecule has 0 unspecified atom stereocenters. The number of benzene rings is 1. The maximum absolute atomic E-state index is 12.8. The van der Waals surface area contributed by atoms with Crippen LogP contribution in [0.25, 0.3) is 21.3 Å². The summed E-state index contributed by atoms with van der Waals surface area (Å²) >= 11 is 3.08. The Bertz CT molecular complexity index is 1180. The molecule has 1 aromatic carbocycles. The van der Waals surface area contributed by atoms with E-state index in [9.17, 15) is 13.2 Å². The summed E-state index contributed by atoms with van der Waals surface area (Å²) in [6.07, 6.45) is -1.56. The quantitative estimate of drug-likeness (QED) is 0.382. The predicted molar refractivity (Wildman–Crippen MR) is 116 cm³/mol. The zero-order valence-corrected chi connectivity index (χ0v) is 17.9. The Morgan fingerprint density at radius 2 is 1.87 bits per heavy atom. The number of nitrogens with zero attached hydrogens (tertiary/aromatic N) is 4. The van der Waals surface area contributed by atoms with Crippen molar-refractivity contribution in [1.29, 1.82) is 0 Å². The monoisotopic (exact) mass is 458 g/mol. The van der Waals surface area contributed by atoms with Crippen LogP contribution in [0.5, 0.6) is 0 Å². The largest absolute Gasteiger partial charge is 0.416 e. The zero-order chi connectivity index (χ0) is 21.4. The van der Waals surface area contributed by atoms with Gasteiger partial charge in [-0.1, -0.05) is 18.2 Å². The van der Waals surface area contributed by atoms with Crippen LogP contribution in [-0.4, -0.2) is 26.4 Å². The summed E-state index contributed by atoms with van der Waals surface area (Å²) in [5.41, 5.74) is 3.19. The molecule has 9 heteroatoms. The molecule has 1 aliphatic heterocycles. The average molecular weight is 459 g/mol. The fraction of sp³-hybridized carbons (Fsp3) is 0.227. The molecule has 158 valence electrons. The molecule has 0 amide bonds. The highest BCUT2D eigenvalue weighted by Crippen LogP contribution is 2.32. The highest BCUT2D eigenvalue weighted by atomic mass is 32.1. The number of rotatable bonds is 4. The minimum atomic E-state index is -4.33. The average Bonchev–Trinajstić information content (AvgIpc) is 3.45. The fourth-order valence-corrected chi connectivity index (χ4v) is 5.06. The van der Waals surface area contributed by atoms with Crippen LogP contribution in [0.4, 0.5) is 13.2 Å². The van der Waals surface area contributed by atoms with Crippen molar-refractivity contribution < 1.29 is 13.2 Å². The molecular formula is C22H17F3N4S2. The molecule has 0 N–H and O–H groups in total. The number of aromatic nitrogens is 3. The van der Waals surface area contributed by atoms with E-state index in [2.05, 4.69) is 14.9 Å². The van der Waals surface area contributed by atoms with Gasteiger partial charge in [0.25, 0.3) is 0 Å². The molecule has 0 atom stereocenters. The van der Waals surface area contributed by atoms with Gasteiger partial charge in [-0.25, -0.2) is 15.0 Å². The highest BCUT2D eigenvalue weighted by molar-refractivity contribution is 7.13. The van der Waals surface area contributed by atoms with Crippen molar-refractivity contribution in [3.8, 4) is 21.3 Å². The number of hydrogen-bond acceptors (Lipinski definition) is 6. The van der Waals surface area contributed by atoms with Gasteiger partial charge >= 0.3 is 6.18 Å². The Kier molecular flexibility index (Phi) is 5.33. The van der Waals surface area contributed by atoms with E-state index in [1.165, 1.54) is 23.5 Å². The molecule has 5 rings (SSSR count). The number of alkyl halides is 3. The second-order valence-electron chi connectivity index (χ2n) is 7.32. The number of halogens is 3. The molecule has 4 nitrogen and oxygen atoms in total. The van der Waals surface area contributed by atoms with Gasteiger partial charge < -0.3 is 0 Å². The van der Waals surface area contributed by atoms with E-state index in [1.54, 1.807) is 11.3 Å². The molecule has 0 radical (unpaired) electrons. The van der Waals surface area contributed by atoms with Gasteiger partial charge in [0.05, 0.1) is 21.8 Å². The third kappa shape index (κ3) is 4.39. The molecule has 0 aliphatic carbocycles. The minimum Gasteiger partial charge on any atom is -0.293 e. The lowest BCUT2D eigenvalue weighted by Crippen LogP contribution is -2.31. The smallest absolute Gasteiger partial charge is 0.293 e. The van der Waals surface area contributed by atoms with Gasteiger partial charge in [0, 0.05) is 48.8 Å². The fourth-order valence-electron chi connectivity index (χ4n) is 3.58. The van der Waals surface area contributed by atoms with Crippen molar-refractivity contribution in [3.63, 3.8) is 0 Å². The first-order chi connectivity index (χ1) is 15.0. The van der Waals surface area contributed by atoms with Crippen molar-refractivity contribution in [2.75, 3.05) is 6.54 Å². The van der Waals surface area contributed by atoms with Crippen molar-refractivity contribution in [3.05, 3.63) is 75.9 Å². The van der Waals surface area contributed by atoms with Crippen molar-refractivity contribution in [1.82, 2.24) is 19.9 Å². The topological polar surface area (TPSA) is 41.9 Å². The van der Waals surface area contributed by atoms with Gasteiger partial charge in [-0.15, -0.1) is 22.7 Å². The van der Waals surface area contributed by atoms with Crippen LogP contribution >= 0.6 is 22.7 Å². The van der Waals surface area contributed by atoms with Crippen molar-refractivity contribution in [2.24, 2.45) is 0 Å². The van der Waals surface area contributed by atoms with Crippen LogP contribution in [-0.2, 0) is 25.7 Å². The molecule has 31 heavy (non-hydrogen) atoms. The van der Waals surface area contributed by atoms with E-state index in [1.807, 2.05) is 29.1 Å². The lowest BCUT2D eigenvalue weighted by molar-refractivity contribution is -0.137. The second-order valence-corrected chi connectivity index (χ2v) is 9.13. The van der Waals surface area contributed by atoms with Crippen LogP contribution in [0.1, 0.15) is 22.5 Å². The van der Waals surface area contributed by atoms with Gasteiger partial charge in [0.2, 0.25) is 0 Å². The summed E-state index contributed by atoms with van der Waals surface area (Å²) in [7, 11) is 0. The van der Waals surface area contributed by atoms with Crippen LogP contribution in [0, 0.1) is 0 Å². The number of fused-ring (bicyclic) bond motifs is 1. The normalized spacial score (nSPS) is 14.5. The van der Waals surface area contributed by atoms with Gasteiger partial charge in [0.1, 0.15) is 5.01 Å². The molecule has 4 aromatic rings. The SMILES string of the molecule is FC(F)(F)c1ccc(-c2nc(CN3CCc4nc(-c5cccs5)ncc4C3)cs2)cc1. The van der Waals surface area contributed by atoms with E-state index in [-0.39, 0.29) is 0 Å². The molecule has 0 spiro atoms. The second kappa shape index (κ2) is 8.14. The summed E-state index contributed by atoms with van der Waals surface area (Å²) in [4.78, 5) is 17.3. The van der Waals surface area contributed by atoms with Crippen LogP contribution < -0.4 is 0 Å². The lowest BCUT2D eigenvalue weighted by atomic mass is 10.1. The first-order valence-electron chi connectivity index (χ1n) is 9.69. The molecule has 4 heterocycles. The van der Waals surface area contributed by atoms with Gasteiger partial charge in [-0.05, 0) is 23.6 Å². The van der Waals surface area contributed by atoms with E-state index < -0.39 is 11.7 Å². The molecule has 1 aliphatic rings. The summed E-state index contributed by atoms with van der Waals surface area (Å²) in [6, 6.07) is 9.18. The Labute approximate surface area is 185 Å². The first-order valence-corrected chi connectivity index (χ1v) is 11.4. The van der Waals surface area contributed by atoms with E-state index >= 15 is 0 Å². The molecule has 3 aromatic heterocycles. The zero-order valence-electron chi connectivity index (χ0n) is 16.3. The molecule has 0 saturated carbocycles.